The number of unbranched alkanes of at least 4 members (excludes halogenated alkanes) is 1. The third-order valence-corrected chi connectivity index (χ3v) is 1.62. The van der Waals surface area contributed by atoms with Crippen molar-refractivity contribution in [2.24, 2.45) is 0 Å². The van der Waals surface area contributed by atoms with Crippen molar-refractivity contribution in [2.45, 2.75) is 38.6 Å². The normalized spacial score (nSPS) is 12.1. The Balaban J connectivity index is 3.49. The van der Waals surface area contributed by atoms with Gasteiger partial charge in [-0.3, -0.25) is 4.79 Å². The molecule has 0 aromatic heterocycles. The Kier molecular flexibility index (Phi) is 6.79. The topological polar surface area (TPSA) is 29.1 Å². The molecule has 0 saturated carbocycles. The lowest BCUT2D eigenvalue weighted by Crippen LogP contribution is -2.26. The molecule has 0 aliphatic heterocycles. The second-order valence-electron chi connectivity index (χ2n) is 2.61. The van der Waals surface area contributed by atoms with E-state index < -0.39 is 0 Å². The van der Waals surface area contributed by atoms with E-state index in [9.17, 15) is 4.79 Å². The maximum atomic E-state index is 9.98. The summed E-state index contributed by atoms with van der Waals surface area (Å²) in [6, 6.07) is 0.241. The fourth-order valence-electron chi connectivity index (χ4n) is 0.984. The first-order valence-corrected chi connectivity index (χ1v) is 4.08. The van der Waals surface area contributed by atoms with E-state index >= 15 is 0 Å². The van der Waals surface area contributed by atoms with Crippen molar-refractivity contribution < 1.29 is 4.79 Å². The largest absolute Gasteiger partial charge is 0.345 e. The van der Waals surface area contributed by atoms with Crippen LogP contribution in [0.3, 0.4) is 0 Å². The number of rotatable bonds is 7. The highest BCUT2D eigenvalue weighted by atomic mass is 16.1. The predicted molar refractivity (Wildman–Crippen MR) is 47.0 cm³/mol. The Morgan fingerprint density at radius 2 is 2.45 bits per heavy atom. The molecule has 1 unspecified atom stereocenters. The summed E-state index contributed by atoms with van der Waals surface area (Å²) in [7, 11) is 0. The van der Waals surface area contributed by atoms with Crippen molar-refractivity contribution in [2.75, 3.05) is 0 Å². The number of hydrogen-bond donors (Lipinski definition) is 1. The molecule has 0 saturated heterocycles. The maximum absolute atomic E-state index is 9.98. The van der Waals surface area contributed by atoms with Crippen LogP contribution in [0.4, 0.5) is 0 Å². The molecule has 0 aliphatic carbocycles. The van der Waals surface area contributed by atoms with Gasteiger partial charge in [0.1, 0.15) is 0 Å². The van der Waals surface area contributed by atoms with Gasteiger partial charge in [-0.1, -0.05) is 25.8 Å². The molecule has 1 N–H and O–H groups in total. The van der Waals surface area contributed by atoms with Crippen molar-refractivity contribution in [3.05, 3.63) is 12.7 Å². The lowest BCUT2D eigenvalue weighted by Gasteiger charge is -2.11. The third kappa shape index (κ3) is 5.64. The quantitative estimate of drug-likeness (QED) is 0.439. The van der Waals surface area contributed by atoms with Crippen molar-refractivity contribution >= 4 is 6.41 Å². The third-order valence-electron chi connectivity index (χ3n) is 1.62. The Hall–Kier alpha value is -0.790. The SMILES string of the molecule is C=CCC(CCCC)N[C]=O. The van der Waals surface area contributed by atoms with Crippen molar-refractivity contribution in [3.63, 3.8) is 0 Å². The second-order valence-corrected chi connectivity index (χ2v) is 2.61. The van der Waals surface area contributed by atoms with E-state index in [-0.39, 0.29) is 6.04 Å². The first-order chi connectivity index (χ1) is 5.35. The van der Waals surface area contributed by atoms with E-state index in [1.807, 2.05) is 6.08 Å². The monoisotopic (exact) mass is 154 g/mol. The first-order valence-electron chi connectivity index (χ1n) is 4.08. The van der Waals surface area contributed by atoms with Crippen LogP contribution < -0.4 is 5.32 Å². The zero-order valence-corrected chi connectivity index (χ0v) is 7.10. The second kappa shape index (κ2) is 7.32. The van der Waals surface area contributed by atoms with Gasteiger partial charge in [0, 0.05) is 6.04 Å². The Morgan fingerprint density at radius 1 is 1.73 bits per heavy atom. The summed E-state index contributed by atoms with van der Waals surface area (Å²) in [5.41, 5.74) is 0. The number of hydrogen-bond acceptors (Lipinski definition) is 1. The van der Waals surface area contributed by atoms with Gasteiger partial charge >= 0.3 is 6.41 Å². The molecule has 1 radical (unpaired) electrons. The van der Waals surface area contributed by atoms with Crippen LogP contribution in [0.5, 0.6) is 0 Å². The molecule has 1 amide bonds. The average Bonchev–Trinajstić information content (AvgIpc) is 2.01. The van der Waals surface area contributed by atoms with E-state index in [0.717, 1.165) is 25.7 Å². The zero-order chi connectivity index (χ0) is 8.53. The highest BCUT2D eigenvalue weighted by Gasteiger charge is 2.03. The number of carbonyl (C=O) groups excluding carboxylic acids is 1. The smallest absolute Gasteiger partial charge is 0.309 e. The van der Waals surface area contributed by atoms with E-state index in [4.69, 9.17) is 0 Å². The van der Waals surface area contributed by atoms with Crippen molar-refractivity contribution in [3.8, 4) is 0 Å². The van der Waals surface area contributed by atoms with Crippen LogP contribution in [-0.2, 0) is 4.79 Å². The van der Waals surface area contributed by atoms with E-state index in [0.29, 0.717) is 0 Å². The minimum atomic E-state index is 0.241. The summed E-state index contributed by atoms with van der Waals surface area (Å²) in [5.74, 6) is 0. The summed E-state index contributed by atoms with van der Waals surface area (Å²) >= 11 is 0. The van der Waals surface area contributed by atoms with E-state index in [2.05, 4.69) is 18.8 Å². The maximum Gasteiger partial charge on any atom is 0.309 e. The lowest BCUT2D eigenvalue weighted by molar-refractivity contribution is 0.492. The van der Waals surface area contributed by atoms with Crippen molar-refractivity contribution in [1.82, 2.24) is 5.32 Å². The van der Waals surface area contributed by atoms with Crippen LogP contribution in [0.1, 0.15) is 32.6 Å². The van der Waals surface area contributed by atoms with Gasteiger partial charge in [-0.2, -0.15) is 0 Å². The molecule has 0 aromatic rings. The summed E-state index contributed by atoms with van der Waals surface area (Å²) in [5, 5.41) is 2.64. The highest BCUT2D eigenvalue weighted by Crippen LogP contribution is 2.03. The average molecular weight is 154 g/mol. The van der Waals surface area contributed by atoms with E-state index in [1.54, 1.807) is 6.41 Å². The highest BCUT2D eigenvalue weighted by molar-refractivity contribution is 5.47. The molecule has 2 nitrogen and oxygen atoms in total. The van der Waals surface area contributed by atoms with Gasteiger partial charge in [0.15, 0.2) is 0 Å². The van der Waals surface area contributed by atoms with Gasteiger partial charge < -0.3 is 5.32 Å². The van der Waals surface area contributed by atoms with Gasteiger partial charge in [0.25, 0.3) is 0 Å². The van der Waals surface area contributed by atoms with Crippen LogP contribution in [0.15, 0.2) is 12.7 Å². The molecule has 2 heteroatoms. The molecule has 0 rings (SSSR count). The van der Waals surface area contributed by atoms with Gasteiger partial charge in [-0.15, -0.1) is 6.58 Å². The van der Waals surface area contributed by atoms with Gasteiger partial charge in [-0.25, -0.2) is 0 Å². The molecule has 0 bridgehead atoms. The Labute approximate surface area is 68.7 Å². The molecule has 0 aromatic carbocycles. The standard InChI is InChI=1S/C9H16NO/c1-3-5-7-9(6-4-2)10-8-11/h4,9H,2-3,5-7H2,1H3,(H,10,11). The fourth-order valence-corrected chi connectivity index (χ4v) is 0.984. The summed E-state index contributed by atoms with van der Waals surface area (Å²) in [6.45, 7) is 5.76. The predicted octanol–water partition coefficient (Wildman–Crippen LogP) is 1.78. The summed E-state index contributed by atoms with van der Waals surface area (Å²) < 4.78 is 0. The van der Waals surface area contributed by atoms with Gasteiger partial charge in [0.2, 0.25) is 0 Å². The molecule has 63 valence electrons. The summed E-state index contributed by atoms with van der Waals surface area (Å²) in [6.07, 6.45) is 7.71. The van der Waals surface area contributed by atoms with Crippen LogP contribution in [0, 0.1) is 0 Å². The Morgan fingerprint density at radius 3 is 2.91 bits per heavy atom. The first kappa shape index (κ1) is 10.2. The molecule has 1 atom stereocenters. The molecule has 0 spiro atoms. The zero-order valence-electron chi connectivity index (χ0n) is 7.10. The van der Waals surface area contributed by atoms with Gasteiger partial charge in [0.05, 0.1) is 0 Å². The van der Waals surface area contributed by atoms with Crippen LogP contribution in [0.25, 0.3) is 0 Å². The molecule has 11 heavy (non-hydrogen) atoms. The van der Waals surface area contributed by atoms with Gasteiger partial charge in [-0.05, 0) is 12.8 Å². The van der Waals surface area contributed by atoms with Crippen molar-refractivity contribution in [1.29, 1.82) is 0 Å². The number of amides is 1. The molecule has 0 fully saturated rings. The van der Waals surface area contributed by atoms with Crippen LogP contribution in [0.2, 0.25) is 0 Å². The minimum absolute atomic E-state index is 0.241. The molecule has 0 heterocycles. The summed E-state index contributed by atoms with van der Waals surface area (Å²) in [4.78, 5) is 9.98. The fraction of sp³-hybridized carbons (Fsp3) is 0.667. The van der Waals surface area contributed by atoms with E-state index in [1.165, 1.54) is 0 Å². The number of nitrogens with one attached hydrogen (secondary N) is 1. The lowest BCUT2D eigenvalue weighted by atomic mass is 10.1. The molecular weight excluding hydrogens is 138 g/mol. The minimum Gasteiger partial charge on any atom is -0.345 e. The molecule has 0 aliphatic rings. The molecular formula is C9H16NO. The van der Waals surface area contributed by atoms with Crippen LogP contribution in [-0.4, -0.2) is 12.5 Å². The van der Waals surface area contributed by atoms with Crippen LogP contribution >= 0.6 is 0 Å². The Bertz CT molecular complexity index is 102.